The van der Waals surface area contributed by atoms with Gasteiger partial charge >= 0.3 is 0 Å². The second-order valence-electron chi connectivity index (χ2n) is 4.86. The van der Waals surface area contributed by atoms with Crippen LogP contribution in [0.15, 0.2) is 48.5 Å². The molecule has 0 saturated heterocycles. The van der Waals surface area contributed by atoms with Crippen LogP contribution >= 0.6 is 24.8 Å². The molecule has 3 N–H and O–H groups in total. The van der Waals surface area contributed by atoms with Crippen molar-refractivity contribution in [1.29, 1.82) is 0 Å². The van der Waals surface area contributed by atoms with E-state index in [1.807, 2.05) is 55.5 Å². The summed E-state index contributed by atoms with van der Waals surface area (Å²) in [5.41, 5.74) is 8.82. The minimum atomic E-state index is -0.101. The van der Waals surface area contributed by atoms with E-state index in [-0.39, 0.29) is 30.9 Å². The van der Waals surface area contributed by atoms with E-state index in [1.165, 1.54) is 0 Å². The number of imidazole rings is 1. The Morgan fingerprint density at radius 1 is 1.14 bits per heavy atom. The van der Waals surface area contributed by atoms with Gasteiger partial charge in [0.25, 0.3) is 0 Å². The van der Waals surface area contributed by atoms with Crippen molar-refractivity contribution in [3.8, 4) is 5.75 Å². The highest BCUT2D eigenvalue weighted by Gasteiger charge is 2.07. The highest BCUT2D eigenvalue weighted by molar-refractivity contribution is 5.85. The summed E-state index contributed by atoms with van der Waals surface area (Å²) in [5, 5.41) is 0. The molecule has 4 nitrogen and oxygen atoms in total. The van der Waals surface area contributed by atoms with Crippen LogP contribution in [0.3, 0.4) is 0 Å². The summed E-state index contributed by atoms with van der Waals surface area (Å²) < 4.78 is 5.78. The molecular weight excluding hydrogens is 321 g/mol. The minimum absolute atomic E-state index is 0. The van der Waals surface area contributed by atoms with Crippen molar-refractivity contribution in [1.82, 2.24) is 9.97 Å². The van der Waals surface area contributed by atoms with Crippen molar-refractivity contribution in [2.24, 2.45) is 5.73 Å². The molecule has 0 radical (unpaired) electrons. The molecule has 0 bridgehead atoms. The van der Waals surface area contributed by atoms with Crippen LogP contribution in [0, 0.1) is 0 Å². The zero-order chi connectivity index (χ0) is 13.9. The zero-order valence-electron chi connectivity index (χ0n) is 12.2. The Labute approximate surface area is 141 Å². The summed E-state index contributed by atoms with van der Waals surface area (Å²) in [5.74, 6) is 1.60. The molecule has 0 amide bonds. The monoisotopic (exact) mass is 339 g/mol. The molecule has 0 saturated carbocycles. The lowest BCUT2D eigenvalue weighted by Gasteiger charge is -2.05. The molecule has 1 heterocycles. The average molecular weight is 340 g/mol. The number of ether oxygens (including phenoxy) is 1. The third-order valence-corrected chi connectivity index (χ3v) is 3.15. The maximum Gasteiger partial charge on any atom is 0.123 e. The zero-order valence-corrected chi connectivity index (χ0v) is 13.8. The summed E-state index contributed by atoms with van der Waals surface area (Å²) in [6.07, 6.45) is 0. The quantitative estimate of drug-likeness (QED) is 0.754. The maximum absolute atomic E-state index is 5.83. The first-order valence-electron chi connectivity index (χ1n) is 6.64. The van der Waals surface area contributed by atoms with Gasteiger partial charge in [0.1, 0.15) is 18.2 Å². The lowest BCUT2D eigenvalue weighted by Crippen LogP contribution is -2.06. The number of halogens is 2. The average Bonchev–Trinajstić information content (AvgIpc) is 2.89. The topological polar surface area (TPSA) is 63.9 Å². The van der Waals surface area contributed by atoms with Gasteiger partial charge in [0.2, 0.25) is 0 Å². The van der Waals surface area contributed by atoms with Gasteiger partial charge in [-0.3, -0.25) is 0 Å². The van der Waals surface area contributed by atoms with Crippen LogP contribution in [0.4, 0.5) is 0 Å². The number of fused-ring (bicyclic) bond motifs is 1. The van der Waals surface area contributed by atoms with Crippen LogP contribution in [0.25, 0.3) is 11.0 Å². The first-order valence-corrected chi connectivity index (χ1v) is 6.64. The second kappa shape index (κ2) is 8.03. The fourth-order valence-electron chi connectivity index (χ4n) is 2.05. The van der Waals surface area contributed by atoms with Gasteiger partial charge in [0.05, 0.1) is 17.1 Å². The maximum atomic E-state index is 5.83. The Hall–Kier alpha value is -1.75. The van der Waals surface area contributed by atoms with Crippen LogP contribution in [0.5, 0.6) is 5.75 Å². The normalized spacial score (nSPS) is 11.4. The van der Waals surface area contributed by atoms with Crippen molar-refractivity contribution < 1.29 is 4.74 Å². The van der Waals surface area contributed by atoms with E-state index in [4.69, 9.17) is 10.5 Å². The molecule has 118 valence electrons. The summed E-state index contributed by atoms with van der Waals surface area (Å²) in [4.78, 5) is 7.67. The van der Waals surface area contributed by atoms with Gasteiger partial charge in [-0.05, 0) is 24.6 Å². The lowest BCUT2D eigenvalue weighted by molar-refractivity contribution is 0.306. The van der Waals surface area contributed by atoms with Crippen molar-refractivity contribution in [3.05, 3.63) is 59.9 Å². The molecule has 6 heteroatoms. The number of hydrogen-bond donors (Lipinski definition) is 2. The van der Waals surface area contributed by atoms with Crippen LogP contribution < -0.4 is 10.5 Å². The Balaban J connectivity index is 0.00000121. The number of benzene rings is 2. The Bertz CT molecular complexity index is 714. The van der Waals surface area contributed by atoms with E-state index >= 15 is 0 Å². The molecular formula is C16H19Cl2N3O. The van der Waals surface area contributed by atoms with Crippen molar-refractivity contribution >= 4 is 35.8 Å². The van der Waals surface area contributed by atoms with Gasteiger partial charge in [0, 0.05) is 6.07 Å². The van der Waals surface area contributed by atoms with Gasteiger partial charge in [-0.2, -0.15) is 0 Å². The number of rotatable bonds is 4. The SMILES string of the molecule is CC(N)c1nc2cc(OCc3ccccc3)ccc2[nH]1.Cl.Cl. The van der Waals surface area contributed by atoms with Crippen LogP contribution in [-0.4, -0.2) is 9.97 Å². The Kier molecular flexibility index (Phi) is 6.68. The van der Waals surface area contributed by atoms with Crippen LogP contribution in [-0.2, 0) is 6.61 Å². The van der Waals surface area contributed by atoms with E-state index in [0.29, 0.717) is 6.61 Å². The van der Waals surface area contributed by atoms with Gasteiger partial charge in [-0.15, -0.1) is 24.8 Å². The molecule has 0 aliphatic heterocycles. The van der Waals surface area contributed by atoms with Gasteiger partial charge in [0.15, 0.2) is 0 Å². The van der Waals surface area contributed by atoms with E-state index in [1.54, 1.807) is 0 Å². The molecule has 0 spiro atoms. The smallest absolute Gasteiger partial charge is 0.123 e. The molecule has 1 unspecified atom stereocenters. The number of nitrogens with one attached hydrogen (secondary N) is 1. The largest absolute Gasteiger partial charge is 0.489 e. The molecule has 0 fully saturated rings. The number of aromatic amines is 1. The number of nitrogens with two attached hydrogens (primary N) is 1. The van der Waals surface area contributed by atoms with Crippen molar-refractivity contribution in [2.75, 3.05) is 0 Å². The van der Waals surface area contributed by atoms with Crippen LogP contribution in [0.1, 0.15) is 24.4 Å². The highest BCUT2D eigenvalue weighted by atomic mass is 35.5. The highest BCUT2D eigenvalue weighted by Crippen LogP contribution is 2.21. The molecule has 2 aromatic carbocycles. The Morgan fingerprint density at radius 3 is 2.55 bits per heavy atom. The summed E-state index contributed by atoms with van der Waals surface area (Å²) in [6.45, 7) is 2.46. The van der Waals surface area contributed by atoms with Crippen LogP contribution in [0.2, 0.25) is 0 Å². The molecule has 3 aromatic rings. The summed E-state index contributed by atoms with van der Waals surface area (Å²) in [7, 11) is 0. The van der Waals surface area contributed by atoms with Gasteiger partial charge in [-0.1, -0.05) is 30.3 Å². The molecule has 22 heavy (non-hydrogen) atoms. The molecule has 1 atom stereocenters. The first kappa shape index (κ1) is 18.3. The fourth-order valence-corrected chi connectivity index (χ4v) is 2.05. The Morgan fingerprint density at radius 2 is 1.86 bits per heavy atom. The molecule has 1 aromatic heterocycles. The van der Waals surface area contributed by atoms with E-state index in [2.05, 4.69) is 9.97 Å². The van der Waals surface area contributed by atoms with E-state index < -0.39 is 0 Å². The predicted molar refractivity (Wildman–Crippen MR) is 94.0 cm³/mol. The number of H-pyrrole nitrogens is 1. The fraction of sp³-hybridized carbons (Fsp3) is 0.188. The van der Waals surface area contributed by atoms with E-state index in [9.17, 15) is 0 Å². The van der Waals surface area contributed by atoms with Crippen molar-refractivity contribution in [2.45, 2.75) is 19.6 Å². The van der Waals surface area contributed by atoms with E-state index in [0.717, 1.165) is 28.2 Å². The standard InChI is InChI=1S/C16H17N3O.2ClH/c1-11(17)16-18-14-8-7-13(9-15(14)19-16)20-10-12-5-3-2-4-6-12;;/h2-9,11H,10,17H2,1H3,(H,18,19);2*1H. The third kappa shape index (κ3) is 4.13. The molecule has 3 rings (SSSR count). The second-order valence-corrected chi connectivity index (χ2v) is 4.86. The first-order chi connectivity index (χ1) is 9.72. The predicted octanol–water partition coefficient (Wildman–Crippen LogP) is 4.01. The van der Waals surface area contributed by atoms with Crippen molar-refractivity contribution in [3.63, 3.8) is 0 Å². The number of aromatic nitrogens is 2. The molecule has 0 aliphatic rings. The summed E-state index contributed by atoms with van der Waals surface area (Å²) >= 11 is 0. The summed E-state index contributed by atoms with van der Waals surface area (Å²) in [6, 6.07) is 15.8. The van der Waals surface area contributed by atoms with Gasteiger partial charge < -0.3 is 15.5 Å². The number of nitrogens with zero attached hydrogens (tertiary/aromatic N) is 1. The third-order valence-electron chi connectivity index (χ3n) is 3.15. The molecule has 0 aliphatic carbocycles. The van der Waals surface area contributed by atoms with Gasteiger partial charge in [-0.25, -0.2) is 4.98 Å². The minimum Gasteiger partial charge on any atom is -0.489 e. The number of hydrogen-bond acceptors (Lipinski definition) is 3. The lowest BCUT2D eigenvalue weighted by atomic mass is 10.2.